The molecule has 0 bridgehead atoms. The van der Waals surface area contributed by atoms with Crippen molar-refractivity contribution in [3.8, 4) is 0 Å². The van der Waals surface area contributed by atoms with E-state index in [-0.39, 0.29) is 6.42 Å². The Morgan fingerprint density at radius 1 is 1.26 bits per heavy atom. The Balaban J connectivity index is 1.85. The molecule has 2 aromatic carbocycles. The molecule has 1 aliphatic heterocycles. The Morgan fingerprint density at radius 2 is 1.96 bits per heavy atom. The third kappa shape index (κ3) is 3.12. The van der Waals surface area contributed by atoms with E-state index < -0.39 is 23.3 Å². The molecular weight excluding hydrogens is 365 g/mol. The van der Waals surface area contributed by atoms with Crippen LogP contribution in [0, 0.1) is 5.82 Å². The van der Waals surface area contributed by atoms with Gasteiger partial charge in [-0.05, 0) is 55.0 Å². The molecule has 0 aromatic heterocycles. The smallest absolute Gasteiger partial charge is 0.339 e. The van der Waals surface area contributed by atoms with Crippen LogP contribution in [-0.2, 0) is 16.0 Å². The van der Waals surface area contributed by atoms with Crippen molar-refractivity contribution in [3.63, 3.8) is 0 Å². The first kappa shape index (κ1) is 15.7. The van der Waals surface area contributed by atoms with E-state index >= 15 is 0 Å². The summed E-state index contributed by atoms with van der Waals surface area (Å²) in [5.74, 6) is -1.38. The molecule has 1 N–H and O–H groups in total. The summed E-state index contributed by atoms with van der Waals surface area (Å²) >= 11 is 3.36. The maximum atomic E-state index is 12.9. The second-order valence-electron chi connectivity index (χ2n) is 5.56. The first-order valence-electron chi connectivity index (χ1n) is 6.96. The topological polar surface area (TPSA) is 55.4 Å². The highest BCUT2D eigenvalue weighted by Crippen LogP contribution is 2.31. The van der Waals surface area contributed by atoms with Crippen molar-refractivity contribution in [2.24, 2.45) is 0 Å². The number of hydrogen-bond acceptors (Lipinski definition) is 3. The molecule has 1 unspecified atom stereocenters. The van der Waals surface area contributed by atoms with Crippen LogP contribution in [0.2, 0.25) is 0 Å². The lowest BCUT2D eigenvalue weighted by molar-refractivity contribution is -0.134. The van der Waals surface area contributed by atoms with Gasteiger partial charge in [-0.2, -0.15) is 0 Å². The van der Waals surface area contributed by atoms with Crippen molar-refractivity contribution in [3.05, 3.63) is 63.9 Å². The number of cyclic esters (lactones) is 1. The Kier molecular flexibility index (Phi) is 3.93. The molecule has 1 atom stereocenters. The maximum absolute atomic E-state index is 12.9. The number of carbonyl (C=O) groups is 2. The van der Waals surface area contributed by atoms with Gasteiger partial charge in [-0.3, -0.25) is 4.79 Å². The van der Waals surface area contributed by atoms with E-state index in [1.54, 1.807) is 25.1 Å². The second kappa shape index (κ2) is 5.77. The molecule has 118 valence electrons. The number of carbonyl (C=O) groups excluding carboxylic acids is 2. The van der Waals surface area contributed by atoms with Crippen LogP contribution in [0.3, 0.4) is 0 Å². The monoisotopic (exact) mass is 377 g/mol. The van der Waals surface area contributed by atoms with E-state index in [1.807, 2.05) is 0 Å². The predicted molar refractivity (Wildman–Crippen MR) is 86.7 cm³/mol. The number of amides is 1. The molecule has 0 saturated carbocycles. The molecule has 0 radical (unpaired) electrons. The van der Waals surface area contributed by atoms with Gasteiger partial charge >= 0.3 is 5.97 Å². The fraction of sp³-hybridized carbons (Fsp3) is 0.176. The molecule has 0 saturated heterocycles. The largest absolute Gasteiger partial charge is 0.445 e. The minimum absolute atomic E-state index is 0.264. The summed E-state index contributed by atoms with van der Waals surface area (Å²) in [6, 6.07) is 10.6. The van der Waals surface area contributed by atoms with Crippen LogP contribution in [0.5, 0.6) is 0 Å². The molecule has 0 spiro atoms. The number of ether oxygens (including phenoxy) is 1. The number of esters is 1. The Bertz CT molecular complexity index is 791. The number of anilines is 1. The van der Waals surface area contributed by atoms with Gasteiger partial charge in [-0.25, -0.2) is 9.18 Å². The third-order valence-corrected chi connectivity index (χ3v) is 4.21. The minimum Gasteiger partial charge on any atom is -0.445 e. The van der Waals surface area contributed by atoms with Crippen molar-refractivity contribution in [1.29, 1.82) is 0 Å². The van der Waals surface area contributed by atoms with Gasteiger partial charge in [0.1, 0.15) is 5.82 Å². The standard InChI is InChI=1S/C17H13BrFNO3/c1-17(16(22)20-13-5-3-12(19)4-6-13)9-10-8-11(18)2-7-14(10)15(21)23-17/h2-8H,9H2,1H3,(H,20,22). The number of halogens is 2. The summed E-state index contributed by atoms with van der Waals surface area (Å²) in [5.41, 5.74) is 0.320. The average molecular weight is 378 g/mol. The van der Waals surface area contributed by atoms with E-state index in [0.29, 0.717) is 11.3 Å². The predicted octanol–water partition coefficient (Wildman–Crippen LogP) is 3.70. The highest BCUT2D eigenvalue weighted by Gasteiger charge is 2.42. The lowest BCUT2D eigenvalue weighted by atomic mass is 9.89. The van der Waals surface area contributed by atoms with Crippen LogP contribution in [0.15, 0.2) is 46.9 Å². The lowest BCUT2D eigenvalue weighted by Gasteiger charge is -2.33. The van der Waals surface area contributed by atoms with Crippen LogP contribution >= 0.6 is 15.9 Å². The van der Waals surface area contributed by atoms with Gasteiger partial charge in [-0.15, -0.1) is 0 Å². The SMILES string of the molecule is CC1(C(=O)Nc2ccc(F)cc2)Cc2cc(Br)ccc2C(=O)O1. The normalized spacial score (nSPS) is 19.7. The van der Waals surface area contributed by atoms with Gasteiger partial charge in [0.2, 0.25) is 0 Å². The molecule has 1 amide bonds. The van der Waals surface area contributed by atoms with Crippen molar-refractivity contribution in [1.82, 2.24) is 0 Å². The summed E-state index contributed by atoms with van der Waals surface area (Å²) in [5, 5.41) is 2.65. The molecular formula is C17H13BrFNO3. The van der Waals surface area contributed by atoms with E-state index in [1.165, 1.54) is 24.3 Å². The zero-order valence-electron chi connectivity index (χ0n) is 12.2. The number of nitrogens with one attached hydrogen (secondary N) is 1. The summed E-state index contributed by atoms with van der Waals surface area (Å²) in [4.78, 5) is 24.7. The highest BCUT2D eigenvalue weighted by atomic mass is 79.9. The summed E-state index contributed by atoms with van der Waals surface area (Å²) in [7, 11) is 0. The first-order valence-corrected chi connectivity index (χ1v) is 7.75. The van der Waals surface area contributed by atoms with Crippen molar-refractivity contribution in [2.45, 2.75) is 18.9 Å². The number of benzene rings is 2. The fourth-order valence-corrected chi connectivity index (χ4v) is 2.90. The number of fused-ring (bicyclic) bond motifs is 1. The molecule has 2 aromatic rings. The van der Waals surface area contributed by atoms with Crippen LogP contribution < -0.4 is 5.32 Å². The van der Waals surface area contributed by atoms with Crippen LogP contribution in [0.25, 0.3) is 0 Å². The zero-order chi connectivity index (χ0) is 16.6. The molecule has 23 heavy (non-hydrogen) atoms. The van der Waals surface area contributed by atoms with E-state index in [4.69, 9.17) is 4.74 Å². The Morgan fingerprint density at radius 3 is 2.65 bits per heavy atom. The van der Waals surface area contributed by atoms with Gasteiger partial charge in [0.25, 0.3) is 5.91 Å². The van der Waals surface area contributed by atoms with E-state index in [0.717, 1.165) is 10.0 Å². The van der Waals surface area contributed by atoms with Gasteiger partial charge in [0.15, 0.2) is 5.60 Å². The zero-order valence-corrected chi connectivity index (χ0v) is 13.8. The average Bonchev–Trinajstić information content (AvgIpc) is 2.48. The van der Waals surface area contributed by atoms with Gasteiger partial charge < -0.3 is 10.1 Å². The van der Waals surface area contributed by atoms with Crippen molar-refractivity contribution < 1.29 is 18.7 Å². The maximum Gasteiger partial charge on any atom is 0.339 e. The first-order chi connectivity index (χ1) is 10.9. The quantitative estimate of drug-likeness (QED) is 0.811. The molecule has 0 fully saturated rings. The van der Waals surface area contributed by atoms with Crippen molar-refractivity contribution in [2.75, 3.05) is 5.32 Å². The second-order valence-corrected chi connectivity index (χ2v) is 6.48. The Labute approximate surface area is 140 Å². The van der Waals surface area contributed by atoms with Crippen molar-refractivity contribution >= 4 is 33.5 Å². The number of hydrogen-bond donors (Lipinski definition) is 1. The molecule has 3 rings (SSSR count). The molecule has 1 heterocycles. The van der Waals surface area contributed by atoms with Gasteiger partial charge in [0.05, 0.1) is 5.56 Å². The van der Waals surface area contributed by atoms with E-state index in [2.05, 4.69) is 21.2 Å². The Hall–Kier alpha value is -2.21. The van der Waals surface area contributed by atoms with E-state index in [9.17, 15) is 14.0 Å². The molecule has 1 aliphatic rings. The number of rotatable bonds is 2. The van der Waals surface area contributed by atoms with Crippen LogP contribution in [0.1, 0.15) is 22.8 Å². The summed E-state index contributed by atoms with van der Waals surface area (Å²) < 4.78 is 19.1. The molecule has 6 heteroatoms. The fourth-order valence-electron chi connectivity index (χ4n) is 2.49. The minimum atomic E-state index is -1.32. The van der Waals surface area contributed by atoms with Gasteiger partial charge in [-0.1, -0.05) is 15.9 Å². The van der Waals surface area contributed by atoms with Crippen LogP contribution in [-0.4, -0.2) is 17.5 Å². The highest BCUT2D eigenvalue weighted by molar-refractivity contribution is 9.10. The summed E-state index contributed by atoms with van der Waals surface area (Å²) in [6.07, 6.45) is 0.264. The lowest BCUT2D eigenvalue weighted by Crippen LogP contribution is -2.48. The third-order valence-electron chi connectivity index (χ3n) is 3.72. The van der Waals surface area contributed by atoms with Gasteiger partial charge in [0, 0.05) is 16.6 Å². The summed E-state index contributed by atoms with van der Waals surface area (Å²) in [6.45, 7) is 1.56. The molecule has 0 aliphatic carbocycles. The van der Waals surface area contributed by atoms with Crippen LogP contribution in [0.4, 0.5) is 10.1 Å². The molecule has 4 nitrogen and oxygen atoms in total.